The van der Waals surface area contributed by atoms with Crippen LogP contribution < -0.4 is 10.1 Å². The van der Waals surface area contributed by atoms with E-state index in [4.69, 9.17) is 52.9 Å². The molecular weight excluding hydrogens is 716 g/mol. The van der Waals surface area contributed by atoms with Crippen molar-refractivity contribution in [3.8, 4) is 5.75 Å². The molecule has 3 rings (SSSR count). The first-order valence-corrected chi connectivity index (χ1v) is 18.4. The third-order valence-electron chi connectivity index (χ3n) is 7.62. The van der Waals surface area contributed by atoms with Crippen LogP contribution in [0.3, 0.4) is 0 Å². The number of nitrogens with one attached hydrogen (secondary N) is 1. The molecule has 302 valence electrons. The molecule has 2 aromatic carbocycles. The molecule has 0 aromatic heterocycles. The average Bonchev–Trinajstić information content (AvgIpc) is 3.49. The Hall–Kier alpha value is -4.35. The number of azide groups is 1. The largest absolute Gasteiger partial charge is 0.484 e. The lowest BCUT2D eigenvalue weighted by atomic mass is 9.97. The van der Waals surface area contributed by atoms with Crippen molar-refractivity contribution in [3.63, 3.8) is 0 Å². The molecule has 55 heavy (non-hydrogen) atoms. The van der Waals surface area contributed by atoms with Gasteiger partial charge in [0.05, 0.1) is 118 Å². The Morgan fingerprint density at radius 3 is 1.71 bits per heavy atom. The van der Waals surface area contributed by atoms with Crippen LogP contribution in [0.4, 0.5) is 0 Å². The van der Waals surface area contributed by atoms with E-state index in [9.17, 15) is 9.59 Å². The first-order valence-electron chi connectivity index (χ1n) is 18.4. The zero-order valence-electron chi connectivity index (χ0n) is 31.7. The van der Waals surface area contributed by atoms with E-state index in [0.29, 0.717) is 136 Å². The van der Waals surface area contributed by atoms with Gasteiger partial charge < -0.3 is 52.7 Å². The molecule has 0 spiro atoms. The summed E-state index contributed by atoms with van der Waals surface area (Å²) in [7, 11) is 0. The van der Waals surface area contributed by atoms with E-state index >= 15 is 0 Å². The summed E-state index contributed by atoms with van der Waals surface area (Å²) in [6.07, 6.45) is 0. The topological polar surface area (TPSA) is 187 Å². The molecule has 1 aliphatic carbocycles. The van der Waals surface area contributed by atoms with Gasteiger partial charge in [-0.15, -0.1) is 0 Å². The van der Waals surface area contributed by atoms with Gasteiger partial charge in [-0.25, -0.2) is 4.79 Å². The first kappa shape index (κ1) is 45.0. The average molecular weight is 771 g/mol. The van der Waals surface area contributed by atoms with E-state index in [0.717, 1.165) is 22.3 Å². The molecule has 0 saturated carbocycles. The van der Waals surface area contributed by atoms with Gasteiger partial charge in [0, 0.05) is 23.6 Å². The van der Waals surface area contributed by atoms with E-state index in [1.807, 2.05) is 36.4 Å². The summed E-state index contributed by atoms with van der Waals surface area (Å²) in [6, 6.07) is 15.1. The molecule has 1 aliphatic rings. The Morgan fingerprint density at radius 1 is 0.691 bits per heavy atom. The highest BCUT2D eigenvalue weighted by atomic mass is 16.6. The lowest BCUT2D eigenvalue weighted by Crippen LogP contribution is -2.31. The molecule has 16 nitrogen and oxygen atoms in total. The summed E-state index contributed by atoms with van der Waals surface area (Å²) in [5.41, 5.74) is 12.4. The molecule has 0 saturated heterocycles. The molecule has 0 aliphatic heterocycles. The van der Waals surface area contributed by atoms with Crippen LogP contribution in [-0.2, 0) is 52.2 Å². The highest BCUT2D eigenvalue weighted by Crippen LogP contribution is 2.45. The number of hydrogen-bond donors (Lipinski definition) is 1. The second-order valence-electron chi connectivity index (χ2n) is 11.5. The number of hydrogen-bond acceptors (Lipinski definition) is 13. The molecule has 0 atom stereocenters. The van der Waals surface area contributed by atoms with Crippen molar-refractivity contribution in [1.29, 1.82) is 0 Å². The van der Waals surface area contributed by atoms with Crippen molar-refractivity contribution in [2.45, 2.75) is 6.92 Å². The standard InChI is InChI=1S/C39H54N4O12/c1-3-54-39(45)37-31(2)35-29-33(9-10-34(35)38(37)32-7-5-4-6-8-32)55-30-36(44)41-11-13-46-15-17-48-19-21-50-23-25-52-27-28-53-26-24-51-22-20-49-18-16-47-14-12-42-43-40/h4-10,29H,2-3,11-28,30H2,1H3,(H,41,44). The minimum atomic E-state index is -0.427. The Kier molecular flexibility index (Phi) is 23.8. The van der Waals surface area contributed by atoms with Crippen LogP contribution in [0.15, 0.2) is 65.8 Å². The van der Waals surface area contributed by atoms with Gasteiger partial charge in [0.1, 0.15) is 5.75 Å². The lowest BCUT2D eigenvalue weighted by Gasteiger charge is -2.11. The zero-order chi connectivity index (χ0) is 39.2. The zero-order valence-corrected chi connectivity index (χ0v) is 31.7. The van der Waals surface area contributed by atoms with Crippen LogP contribution in [0, 0.1) is 0 Å². The third-order valence-corrected chi connectivity index (χ3v) is 7.62. The van der Waals surface area contributed by atoms with Crippen LogP contribution in [0.2, 0.25) is 0 Å². The summed E-state index contributed by atoms with van der Waals surface area (Å²) >= 11 is 0. The van der Waals surface area contributed by atoms with Crippen molar-refractivity contribution in [1.82, 2.24) is 5.32 Å². The Bertz CT molecular complexity index is 1500. The molecular formula is C39H54N4O12. The van der Waals surface area contributed by atoms with Crippen LogP contribution in [0.5, 0.6) is 5.75 Å². The summed E-state index contributed by atoms with van der Waals surface area (Å²) in [6.45, 7) is 13.7. The maximum atomic E-state index is 12.9. The van der Waals surface area contributed by atoms with Gasteiger partial charge in [-0.05, 0) is 46.9 Å². The number of benzene rings is 2. The van der Waals surface area contributed by atoms with Gasteiger partial charge in [-0.3, -0.25) is 4.79 Å². The van der Waals surface area contributed by atoms with Gasteiger partial charge in [-0.1, -0.05) is 48.1 Å². The summed E-state index contributed by atoms with van der Waals surface area (Å²) in [5, 5.41) is 6.14. The Balaban J connectivity index is 1.10. The van der Waals surface area contributed by atoms with E-state index < -0.39 is 5.97 Å². The molecule has 1 amide bonds. The maximum Gasteiger partial charge on any atom is 0.339 e. The van der Waals surface area contributed by atoms with Crippen LogP contribution in [-0.4, -0.2) is 144 Å². The number of ether oxygens (including phenoxy) is 10. The Morgan fingerprint density at radius 2 is 1.20 bits per heavy atom. The second kappa shape index (κ2) is 29.0. The molecule has 0 bridgehead atoms. The maximum absolute atomic E-state index is 12.9. The van der Waals surface area contributed by atoms with Crippen LogP contribution in [0.1, 0.15) is 23.6 Å². The normalized spacial score (nSPS) is 12.1. The second-order valence-corrected chi connectivity index (χ2v) is 11.5. The van der Waals surface area contributed by atoms with Gasteiger partial charge in [-0.2, -0.15) is 0 Å². The molecule has 1 N–H and O–H groups in total. The number of rotatable bonds is 33. The van der Waals surface area contributed by atoms with E-state index in [2.05, 4.69) is 21.9 Å². The Labute approximate surface area is 322 Å². The van der Waals surface area contributed by atoms with Crippen molar-refractivity contribution in [2.75, 3.05) is 132 Å². The van der Waals surface area contributed by atoms with Crippen molar-refractivity contribution >= 4 is 23.0 Å². The fourth-order valence-electron chi connectivity index (χ4n) is 5.09. The summed E-state index contributed by atoms with van der Waals surface area (Å²) < 4.78 is 54.5. The number of esters is 1. The van der Waals surface area contributed by atoms with E-state index in [-0.39, 0.29) is 19.1 Å². The highest BCUT2D eigenvalue weighted by Gasteiger charge is 2.31. The van der Waals surface area contributed by atoms with E-state index in [1.54, 1.807) is 19.1 Å². The monoisotopic (exact) mass is 770 g/mol. The molecule has 0 heterocycles. The number of nitrogens with zero attached hydrogens (tertiary/aromatic N) is 3. The van der Waals surface area contributed by atoms with Crippen molar-refractivity contribution in [2.24, 2.45) is 5.11 Å². The van der Waals surface area contributed by atoms with Gasteiger partial charge >= 0.3 is 5.97 Å². The van der Waals surface area contributed by atoms with Crippen molar-refractivity contribution < 1.29 is 57.0 Å². The molecule has 0 radical (unpaired) electrons. The fraction of sp³-hybridized carbons (Fsp3) is 0.538. The summed E-state index contributed by atoms with van der Waals surface area (Å²) in [4.78, 5) is 27.9. The first-order chi connectivity index (χ1) is 27.1. The number of carbonyl (C=O) groups is 2. The SMILES string of the molecule is C=C1C(C(=O)OCC)=C(c2ccccc2)c2ccc(OCC(=O)NCCOCCOCCOCCOCCOCCOCCOCCOCCN=[N+]=[N-])cc21. The third kappa shape index (κ3) is 18.2. The van der Waals surface area contributed by atoms with Gasteiger partial charge in [0.25, 0.3) is 5.91 Å². The summed E-state index contributed by atoms with van der Waals surface area (Å²) in [5.74, 6) is -0.226. The smallest absolute Gasteiger partial charge is 0.339 e. The van der Waals surface area contributed by atoms with Crippen LogP contribution >= 0.6 is 0 Å². The lowest BCUT2D eigenvalue weighted by molar-refractivity contribution is -0.137. The minimum absolute atomic E-state index is 0.174. The van der Waals surface area contributed by atoms with Gasteiger partial charge in [0.15, 0.2) is 6.61 Å². The molecule has 0 fully saturated rings. The van der Waals surface area contributed by atoms with Crippen LogP contribution in [0.25, 0.3) is 21.6 Å². The van der Waals surface area contributed by atoms with Gasteiger partial charge in [0.2, 0.25) is 0 Å². The predicted octanol–water partition coefficient (Wildman–Crippen LogP) is 4.02. The predicted molar refractivity (Wildman–Crippen MR) is 204 cm³/mol. The molecule has 2 aromatic rings. The fourth-order valence-corrected chi connectivity index (χ4v) is 5.09. The number of fused-ring (bicyclic) bond motifs is 1. The number of carbonyl (C=O) groups excluding carboxylic acids is 2. The van der Waals surface area contributed by atoms with Crippen molar-refractivity contribution in [3.05, 3.63) is 87.8 Å². The number of amides is 1. The minimum Gasteiger partial charge on any atom is -0.484 e. The molecule has 16 heteroatoms. The quantitative estimate of drug-likeness (QED) is 0.0362. The molecule has 0 unspecified atom stereocenters. The highest BCUT2D eigenvalue weighted by molar-refractivity contribution is 6.20. The van der Waals surface area contributed by atoms with E-state index in [1.165, 1.54) is 0 Å².